The summed E-state index contributed by atoms with van der Waals surface area (Å²) in [4.78, 5) is 17.5. The van der Waals surface area contributed by atoms with Crippen LogP contribution in [-0.4, -0.2) is 31.3 Å². The van der Waals surface area contributed by atoms with Gasteiger partial charge in [-0.15, -0.1) is 0 Å². The lowest BCUT2D eigenvalue weighted by Crippen LogP contribution is -2.43. The van der Waals surface area contributed by atoms with Gasteiger partial charge in [0.05, 0.1) is 11.9 Å². The molecule has 230 valence electrons. The fraction of sp³-hybridized carbons (Fsp3) is 0.0233. The maximum atomic E-state index is 5.03. The molecule has 6 nitrogen and oxygen atoms in total. The van der Waals surface area contributed by atoms with E-state index in [0.29, 0.717) is 17.5 Å². The highest BCUT2D eigenvalue weighted by Crippen LogP contribution is 2.53. The molecular formula is C43H29N6+. The number of para-hydroxylation sites is 2. The van der Waals surface area contributed by atoms with Crippen molar-refractivity contribution in [2.75, 3.05) is 4.90 Å². The van der Waals surface area contributed by atoms with Crippen LogP contribution in [-0.2, 0) is 0 Å². The third kappa shape index (κ3) is 4.35. The standard InChI is InChI=1S/C43H29N6/c1-5-14-29(15-6-1)40-44-41(30-16-7-2-8-17-30)46-42(45-40)31-24-25-36-35(28-31)34-22-13-23-37-39(34)49(36)38-26-27-47(32-18-9-3-10-19-32)43(38)48(37)33-20-11-4-12-21-33/h1-28,39H/q+1. The second-order valence-corrected chi connectivity index (χ2v) is 12.3. The highest BCUT2D eigenvalue weighted by molar-refractivity contribution is 6.21. The Labute approximate surface area is 284 Å². The van der Waals surface area contributed by atoms with E-state index in [-0.39, 0.29) is 6.04 Å². The van der Waals surface area contributed by atoms with E-state index in [1.54, 1.807) is 0 Å². The number of benzene rings is 5. The van der Waals surface area contributed by atoms with Gasteiger partial charge in [-0.25, -0.2) is 15.0 Å². The molecule has 1 atom stereocenters. The molecule has 7 aromatic rings. The van der Waals surface area contributed by atoms with E-state index in [4.69, 9.17) is 15.0 Å². The molecule has 4 heterocycles. The van der Waals surface area contributed by atoms with Crippen LogP contribution in [0.25, 0.3) is 45.4 Å². The van der Waals surface area contributed by atoms with Crippen molar-refractivity contribution in [1.29, 1.82) is 0 Å². The summed E-state index contributed by atoms with van der Waals surface area (Å²) in [6.07, 6.45) is 8.89. The van der Waals surface area contributed by atoms with Crippen LogP contribution in [0.5, 0.6) is 0 Å². The molecule has 0 spiro atoms. The summed E-state index contributed by atoms with van der Waals surface area (Å²) < 4.78 is 4.72. The third-order valence-corrected chi connectivity index (χ3v) is 9.52. The van der Waals surface area contributed by atoms with Gasteiger partial charge in [-0.3, -0.25) is 0 Å². The summed E-state index contributed by atoms with van der Waals surface area (Å²) in [6, 6.07) is 50.4. The SMILES string of the molecule is C1=CC2=[N+](c3ccccc3)c3c(ccn3-c3ccccc3)N3c4ccc(-c5nc(-c6ccccc6)nc(-c6ccccc6)n5)cc4C(=C1)C23. The number of hydrogen-bond acceptors (Lipinski definition) is 4. The zero-order valence-corrected chi connectivity index (χ0v) is 26.4. The van der Waals surface area contributed by atoms with Gasteiger partial charge in [-0.1, -0.05) is 109 Å². The van der Waals surface area contributed by atoms with Crippen LogP contribution in [0.2, 0.25) is 0 Å². The molecule has 6 heteroatoms. The first-order valence-electron chi connectivity index (χ1n) is 16.5. The number of anilines is 2. The van der Waals surface area contributed by atoms with Crippen LogP contribution in [0.1, 0.15) is 5.56 Å². The van der Waals surface area contributed by atoms with E-state index >= 15 is 0 Å². The average molecular weight is 630 g/mol. The highest BCUT2D eigenvalue weighted by atomic mass is 15.3. The van der Waals surface area contributed by atoms with Crippen molar-refractivity contribution in [1.82, 2.24) is 24.1 Å². The van der Waals surface area contributed by atoms with Gasteiger partial charge in [-0.05, 0) is 54.1 Å². The van der Waals surface area contributed by atoms with Crippen molar-refractivity contribution in [3.8, 4) is 39.9 Å². The maximum Gasteiger partial charge on any atom is 0.316 e. The molecule has 49 heavy (non-hydrogen) atoms. The normalized spacial score (nSPS) is 15.5. The summed E-state index contributed by atoms with van der Waals surface area (Å²) in [7, 11) is 0. The minimum atomic E-state index is 0.0210. The van der Waals surface area contributed by atoms with E-state index in [1.807, 2.05) is 60.7 Å². The molecule has 0 radical (unpaired) electrons. The number of aromatic nitrogens is 4. The lowest BCUT2D eigenvalue weighted by molar-refractivity contribution is 0.880. The minimum absolute atomic E-state index is 0.0210. The molecule has 0 saturated heterocycles. The first-order chi connectivity index (χ1) is 24.3. The van der Waals surface area contributed by atoms with Gasteiger partial charge in [0, 0.05) is 28.3 Å². The van der Waals surface area contributed by atoms with E-state index in [1.165, 1.54) is 22.5 Å². The summed E-state index contributed by atoms with van der Waals surface area (Å²) in [5, 5.41) is 0. The number of nitrogens with zero attached hydrogens (tertiary/aromatic N) is 6. The zero-order chi connectivity index (χ0) is 32.3. The summed E-state index contributed by atoms with van der Waals surface area (Å²) in [5.74, 6) is 3.08. The van der Waals surface area contributed by atoms with Gasteiger partial charge in [-0.2, -0.15) is 9.14 Å². The molecule has 10 rings (SSSR count). The number of hydrogen-bond donors (Lipinski definition) is 0. The Bertz CT molecular complexity index is 2420. The van der Waals surface area contributed by atoms with Crippen molar-refractivity contribution in [3.63, 3.8) is 0 Å². The Balaban J connectivity index is 1.17. The van der Waals surface area contributed by atoms with Crippen molar-refractivity contribution in [2.45, 2.75) is 6.04 Å². The van der Waals surface area contributed by atoms with Gasteiger partial charge >= 0.3 is 5.82 Å². The Morgan fingerprint density at radius 1 is 0.551 bits per heavy atom. The molecule has 1 aliphatic carbocycles. The predicted octanol–water partition coefficient (Wildman–Crippen LogP) is 9.43. The van der Waals surface area contributed by atoms with E-state index in [9.17, 15) is 0 Å². The molecule has 0 saturated carbocycles. The van der Waals surface area contributed by atoms with Crippen molar-refractivity contribution in [3.05, 3.63) is 176 Å². The molecule has 0 N–H and O–H groups in total. The fourth-order valence-electron chi connectivity index (χ4n) is 7.35. The van der Waals surface area contributed by atoms with Crippen LogP contribution in [0.4, 0.5) is 22.9 Å². The van der Waals surface area contributed by atoms with Crippen LogP contribution in [0, 0.1) is 0 Å². The molecule has 0 bridgehead atoms. The topological polar surface area (TPSA) is 49.9 Å². The largest absolute Gasteiger partial charge is 0.319 e. The summed E-state index contributed by atoms with van der Waals surface area (Å²) in [6.45, 7) is 0. The van der Waals surface area contributed by atoms with Crippen LogP contribution in [0.15, 0.2) is 170 Å². The second-order valence-electron chi connectivity index (χ2n) is 12.3. The van der Waals surface area contributed by atoms with E-state index in [0.717, 1.165) is 39.6 Å². The van der Waals surface area contributed by atoms with Crippen molar-refractivity contribution in [2.24, 2.45) is 0 Å². The number of allylic oxidation sites excluding steroid dienone is 2. The van der Waals surface area contributed by atoms with Gasteiger partial charge < -0.3 is 4.90 Å². The third-order valence-electron chi connectivity index (χ3n) is 9.52. The Morgan fingerprint density at radius 3 is 1.80 bits per heavy atom. The first kappa shape index (κ1) is 27.5. The van der Waals surface area contributed by atoms with Crippen molar-refractivity contribution >= 4 is 34.2 Å². The quantitative estimate of drug-likeness (QED) is 0.178. The Kier molecular flexibility index (Phi) is 6.14. The lowest BCUT2D eigenvalue weighted by atomic mass is 9.92. The smallest absolute Gasteiger partial charge is 0.316 e. The van der Waals surface area contributed by atoms with Crippen LogP contribution >= 0.6 is 0 Å². The molecule has 0 fully saturated rings. The first-order valence-corrected chi connectivity index (χ1v) is 16.5. The van der Waals surface area contributed by atoms with Gasteiger partial charge in [0.2, 0.25) is 0 Å². The molecule has 0 amide bonds. The molecule has 3 aliphatic rings. The maximum absolute atomic E-state index is 5.03. The Hall–Kier alpha value is -6.66. The van der Waals surface area contributed by atoms with E-state index < -0.39 is 0 Å². The summed E-state index contributed by atoms with van der Waals surface area (Å²) >= 11 is 0. The number of fused-ring (bicyclic) bond motifs is 5. The van der Waals surface area contributed by atoms with Gasteiger partial charge in [0.25, 0.3) is 0 Å². The highest BCUT2D eigenvalue weighted by Gasteiger charge is 2.48. The molecular weight excluding hydrogens is 601 g/mol. The molecule has 1 unspecified atom stereocenters. The van der Waals surface area contributed by atoms with Gasteiger partial charge in [0.1, 0.15) is 28.8 Å². The van der Waals surface area contributed by atoms with Crippen LogP contribution < -0.4 is 9.48 Å². The average Bonchev–Trinajstić information content (AvgIpc) is 3.76. The molecule has 5 aromatic carbocycles. The molecule has 2 aromatic heterocycles. The zero-order valence-electron chi connectivity index (χ0n) is 26.4. The second kappa shape index (κ2) is 11.0. The van der Waals surface area contributed by atoms with Crippen molar-refractivity contribution < 1.29 is 0 Å². The van der Waals surface area contributed by atoms with Gasteiger partial charge in [0.15, 0.2) is 17.5 Å². The lowest BCUT2D eigenvalue weighted by Gasteiger charge is -2.33. The Morgan fingerprint density at radius 2 is 1.14 bits per heavy atom. The molecule has 2 aliphatic heterocycles. The van der Waals surface area contributed by atoms with E-state index in [2.05, 4.69) is 123 Å². The van der Waals surface area contributed by atoms with Crippen LogP contribution in [0.3, 0.4) is 0 Å². The fourth-order valence-corrected chi connectivity index (χ4v) is 7.35. The number of rotatable bonds is 5. The predicted molar refractivity (Wildman–Crippen MR) is 198 cm³/mol. The monoisotopic (exact) mass is 629 g/mol. The summed E-state index contributed by atoms with van der Waals surface area (Å²) in [5.41, 5.74) is 11.1. The minimum Gasteiger partial charge on any atom is -0.319 e.